The van der Waals surface area contributed by atoms with Crippen LogP contribution in [0.2, 0.25) is 0 Å². The lowest BCUT2D eigenvalue weighted by atomic mass is 9.86. The van der Waals surface area contributed by atoms with Gasteiger partial charge >= 0.3 is 0 Å². The Morgan fingerprint density at radius 1 is 1.33 bits per heavy atom. The lowest BCUT2D eigenvalue weighted by Crippen LogP contribution is -2.49. The van der Waals surface area contributed by atoms with E-state index in [9.17, 15) is 9.18 Å². The number of hydrogen-bond acceptors (Lipinski definition) is 4. The number of aromatic nitrogens is 2. The van der Waals surface area contributed by atoms with E-state index in [0.29, 0.717) is 11.4 Å². The third kappa shape index (κ3) is 3.79. The second kappa shape index (κ2) is 7.62. The topological polar surface area (TPSA) is 59.0 Å². The molecular formula is C20H21FN4OS. The largest absolute Gasteiger partial charge is 0.347 e. The van der Waals surface area contributed by atoms with Crippen LogP contribution >= 0.6 is 11.3 Å². The number of piperidine rings is 1. The van der Waals surface area contributed by atoms with Gasteiger partial charge in [0.2, 0.25) is 0 Å². The second-order valence-corrected chi connectivity index (χ2v) is 7.82. The molecule has 0 aliphatic carbocycles. The number of amides is 1. The van der Waals surface area contributed by atoms with E-state index in [1.54, 1.807) is 23.0 Å². The van der Waals surface area contributed by atoms with Crippen molar-refractivity contribution in [3.63, 3.8) is 0 Å². The van der Waals surface area contributed by atoms with Gasteiger partial charge in [-0.25, -0.2) is 4.39 Å². The summed E-state index contributed by atoms with van der Waals surface area (Å²) in [5.74, 6) is -0.235. The van der Waals surface area contributed by atoms with Crippen LogP contribution in [0.15, 0.2) is 48.7 Å². The van der Waals surface area contributed by atoms with Crippen LogP contribution in [0.1, 0.15) is 27.6 Å². The molecule has 0 spiro atoms. The van der Waals surface area contributed by atoms with Crippen molar-refractivity contribution in [2.24, 2.45) is 7.05 Å². The number of halogens is 1. The highest BCUT2D eigenvalue weighted by atomic mass is 32.1. The van der Waals surface area contributed by atoms with E-state index >= 15 is 0 Å². The Bertz CT molecular complexity index is 951. The summed E-state index contributed by atoms with van der Waals surface area (Å²) in [5.41, 5.74) is 1.92. The van der Waals surface area contributed by atoms with Crippen LogP contribution in [0.25, 0.3) is 10.6 Å². The first-order chi connectivity index (χ1) is 13.1. The lowest BCUT2D eigenvalue weighted by molar-refractivity contribution is 0.0928. The molecule has 1 saturated heterocycles. The molecule has 1 aliphatic rings. The molecular weight excluding hydrogens is 363 g/mol. The Balaban J connectivity index is 1.51. The molecule has 5 nitrogen and oxygen atoms in total. The molecule has 0 unspecified atom stereocenters. The van der Waals surface area contributed by atoms with E-state index in [-0.39, 0.29) is 23.7 Å². The monoisotopic (exact) mass is 384 g/mol. The molecule has 4 rings (SSSR count). The molecule has 1 aliphatic heterocycles. The zero-order chi connectivity index (χ0) is 18.8. The van der Waals surface area contributed by atoms with E-state index in [1.165, 1.54) is 17.4 Å². The molecule has 3 heterocycles. The molecule has 0 bridgehead atoms. The van der Waals surface area contributed by atoms with Gasteiger partial charge in [0.25, 0.3) is 5.91 Å². The summed E-state index contributed by atoms with van der Waals surface area (Å²) in [6.45, 7) is 1.53. The number of nitrogens with one attached hydrogen (secondary N) is 2. The van der Waals surface area contributed by atoms with Crippen LogP contribution in [0.4, 0.5) is 4.39 Å². The van der Waals surface area contributed by atoms with E-state index in [1.807, 2.05) is 31.3 Å². The molecule has 2 N–H and O–H groups in total. The maximum absolute atomic E-state index is 13.6. The summed E-state index contributed by atoms with van der Waals surface area (Å²) >= 11 is 1.45. The first-order valence-electron chi connectivity index (χ1n) is 8.97. The van der Waals surface area contributed by atoms with Crippen molar-refractivity contribution in [2.45, 2.75) is 18.4 Å². The maximum atomic E-state index is 13.6. The molecule has 1 amide bonds. The van der Waals surface area contributed by atoms with Crippen LogP contribution in [0.3, 0.4) is 0 Å². The Morgan fingerprint density at radius 2 is 2.22 bits per heavy atom. The molecule has 1 fully saturated rings. The minimum atomic E-state index is -0.241. The number of nitrogens with zero attached hydrogens (tertiary/aromatic N) is 2. The van der Waals surface area contributed by atoms with Crippen LogP contribution in [0.5, 0.6) is 0 Å². The van der Waals surface area contributed by atoms with E-state index < -0.39 is 0 Å². The lowest BCUT2D eigenvalue weighted by Gasteiger charge is -2.33. The number of thiophene rings is 1. The van der Waals surface area contributed by atoms with Gasteiger partial charge in [0, 0.05) is 31.7 Å². The smallest absolute Gasteiger partial charge is 0.261 e. The van der Waals surface area contributed by atoms with Gasteiger partial charge in [0.05, 0.1) is 15.4 Å². The van der Waals surface area contributed by atoms with Gasteiger partial charge in [0.15, 0.2) is 0 Å². The van der Waals surface area contributed by atoms with Gasteiger partial charge in [-0.1, -0.05) is 12.1 Å². The van der Waals surface area contributed by atoms with Crippen LogP contribution < -0.4 is 10.6 Å². The highest BCUT2D eigenvalue weighted by Gasteiger charge is 2.28. The average Bonchev–Trinajstić information content (AvgIpc) is 3.31. The van der Waals surface area contributed by atoms with Crippen molar-refractivity contribution in [3.05, 3.63) is 64.9 Å². The van der Waals surface area contributed by atoms with Crippen molar-refractivity contribution in [1.82, 2.24) is 20.4 Å². The van der Waals surface area contributed by atoms with E-state index in [4.69, 9.17) is 0 Å². The summed E-state index contributed by atoms with van der Waals surface area (Å²) < 4.78 is 15.4. The fourth-order valence-corrected chi connectivity index (χ4v) is 4.56. The number of carbonyl (C=O) groups is 1. The summed E-state index contributed by atoms with van der Waals surface area (Å²) in [4.78, 5) is 14.5. The van der Waals surface area contributed by atoms with Crippen LogP contribution in [-0.2, 0) is 7.05 Å². The fourth-order valence-electron chi connectivity index (χ4n) is 3.60. The molecule has 0 saturated carbocycles. The van der Waals surface area contributed by atoms with Gasteiger partial charge in [-0.05, 0) is 48.9 Å². The summed E-state index contributed by atoms with van der Waals surface area (Å²) in [6.07, 6.45) is 2.60. The first kappa shape index (κ1) is 17.9. The Labute approximate surface area is 161 Å². The Kier molecular flexibility index (Phi) is 5.05. The molecule has 27 heavy (non-hydrogen) atoms. The summed E-state index contributed by atoms with van der Waals surface area (Å²) in [7, 11) is 1.88. The zero-order valence-corrected chi connectivity index (χ0v) is 15.8. The highest BCUT2D eigenvalue weighted by Crippen LogP contribution is 2.29. The van der Waals surface area contributed by atoms with Crippen molar-refractivity contribution in [3.8, 4) is 10.6 Å². The van der Waals surface area contributed by atoms with Crippen molar-refractivity contribution >= 4 is 17.2 Å². The maximum Gasteiger partial charge on any atom is 0.261 e. The minimum Gasteiger partial charge on any atom is -0.347 e. The summed E-state index contributed by atoms with van der Waals surface area (Å²) in [6, 6.07) is 12.3. The molecule has 3 aromatic rings. The van der Waals surface area contributed by atoms with Gasteiger partial charge in [0.1, 0.15) is 5.82 Å². The minimum absolute atomic E-state index is 0.0738. The van der Waals surface area contributed by atoms with Crippen molar-refractivity contribution in [1.29, 1.82) is 0 Å². The number of benzene rings is 1. The Hall–Kier alpha value is -2.51. The van der Waals surface area contributed by atoms with Crippen LogP contribution in [0, 0.1) is 5.82 Å². The standard InChI is InChI=1S/C20H21FN4OS/c1-25-17(8-10-23-25)18-5-6-19(27-18)20(26)24-16-12-22-9-7-15(16)13-3-2-4-14(21)11-13/h2-6,8,10-11,15-16,22H,7,9,12H2,1H3,(H,24,26)/t15-,16+/m0/s1. The predicted octanol–water partition coefficient (Wildman–Crippen LogP) is 3.16. The number of rotatable bonds is 4. The normalized spacial score (nSPS) is 19.8. The van der Waals surface area contributed by atoms with Gasteiger partial charge in [-0.3, -0.25) is 9.48 Å². The van der Waals surface area contributed by atoms with Gasteiger partial charge in [-0.15, -0.1) is 11.3 Å². The zero-order valence-electron chi connectivity index (χ0n) is 15.0. The molecule has 1 aromatic carbocycles. The molecule has 2 atom stereocenters. The third-order valence-electron chi connectivity index (χ3n) is 4.98. The highest BCUT2D eigenvalue weighted by molar-refractivity contribution is 7.17. The second-order valence-electron chi connectivity index (χ2n) is 6.74. The van der Waals surface area contributed by atoms with Gasteiger partial charge < -0.3 is 10.6 Å². The third-order valence-corrected chi connectivity index (χ3v) is 6.09. The summed E-state index contributed by atoms with van der Waals surface area (Å²) in [5, 5.41) is 10.6. The quantitative estimate of drug-likeness (QED) is 0.726. The SMILES string of the molecule is Cn1nccc1-c1ccc(C(=O)N[C@@H]2CNCC[C@H]2c2cccc(F)c2)s1. The van der Waals surface area contributed by atoms with Crippen molar-refractivity contribution < 1.29 is 9.18 Å². The number of aryl methyl sites for hydroxylation is 1. The van der Waals surface area contributed by atoms with Crippen LogP contribution in [-0.4, -0.2) is 34.8 Å². The molecule has 140 valence electrons. The van der Waals surface area contributed by atoms with Gasteiger partial charge in [-0.2, -0.15) is 5.10 Å². The Morgan fingerprint density at radius 3 is 3.00 bits per heavy atom. The predicted molar refractivity (Wildman–Crippen MR) is 104 cm³/mol. The average molecular weight is 384 g/mol. The van der Waals surface area contributed by atoms with Crippen molar-refractivity contribution in [2.75, 3.05) is 13.1 Å². The fraction of sp³-hybridized carbons (Fsp3) is 0.300. The first-order valence-corrected chi connectivity index (χ1v) is 9.79. The number of carbonyl (C=O) groups excluding carboxylic acids is 1. The molecule has 7 heteroatoms. The molecule has 2 aromatic heterocycles. The van der Waals surface area contributed by atoms with E-state index in [2.05, 4.69) is 15.7 Å². The number of hydrogen-bond donors (Lipinski definition) is 2. The molecule has 0 radical (unpaired) electrons. The van der Waals surface area contributed by atoms with E-state index in [0.717, 1.165) is 29.1 Å².